The molecule has 0 spiro atoms. The van der Waals surface area contributed by atoms with Gasteiger partial charge in [-0.25, -0.2) is 15.0 Å². The molecule has 0 saturated carbocycles. The number of methoxy groups -OCH3 is 2. The smallest absolute Gasteiger partial charge is 0.247 e. The highest BCUT2D eigenvalue weighted by molar-refractivity contribution is 7.17. The van der Waals surface area contributed by atoms with E-state index in [0.717, 1.165) is 66.2 Å². The van der Waals surface area contributed by atoms with E-state index >= 15 is 0 Å². The normalized spacial score (nSPS) is 22.5. The fourth-order valence-corrected chi connectivity index (χ4v) is 6.24. The highest BCUT2D eigenvalue weighted by atomic mass is 32.1. The first-order valence-electron chi connectivity index (χ1n) is 12.4. The Morgan fingerprint density at radius 1 is 1.00 bits per heavy atom. The molecular weight excluding hydrogens is 474 g/mol. The summed E-state index contributed by atoms with van der Waals surface area (Å²) in [6.45, 7) is 1.58. The van der Waals surface area contributed by atoms with Crippen LogP contribution in [0.15, 0.2) is 53.1 Å². The summed E-state index contributed by atoms with van der Waals surface area (Å²) in [5.41, 5.74) is 2.92. The summed E-state index contributed by atoms with van der Waals surface area (Å²) in [7, 11) is 3.27. The van der Waals surface area contributed by atoms with Crippen molar-refractivity contribution in [1.29, 1.82) is 0 Å². The lowest BCUT2D eigenvalue weighted by Gasteiger charge is -2.42. The molecular formula is C27H29N5O3S. The number of rotatable bonds is 5. The molecule has 1 aliphatic carbocycles. The fraction of sp³-hybridized carbons (Fsp3) is 0.407. The van der Waals surface area contributed by atoms with Crippen LogP contribution in [-0.4, -0.2) is 59.9 Å². The Labute approximate surface area is 214 Å². The predicted molar refractivity (Wildman–Crippen MR) is 141 cm³/mol. The maximum absolute atomic E-state index is 13.6. The first-order valence-corrected chi connectivity index (χ1v) is 13.3. The molecule has 0 unspecified atom stereocenters. The largest absolute Gasteiger partial charge is 0.493 e. The number of hydrazone groups is 1. The van der Waals surface area contributed by atoms with Crippen molar-refractivity contribution in [1.82, 2.24) is 15.0 Å². The fourth-order valence-electron chi connectivity index (χ4n) is 5.55. The van der Waals surface area contributed by atoms with Crippen molar-refractivity contribution in [3.63, 3.8) is 0 Å². The van der Waals surface area contributed by atoms with Crippen molar-refractivity contribution in [2.24, 2.45) is 16.9 Å². The average molecular weight is 504 g/mol. The van der Waals surface area contributed by atoms with E-state index in [4.69, 9.17) is 19.6 Å². The highest BCUT2D eigenvalue weighted by Gasteiger charge is 2.43. The predicted octanol–water partition coefficient (Wildman–Crippen LogP) is 4.51. The van der Waals surface area contributed by atoms with Crippen molar-refractivity contribution in [2.45, 2.75) is 31.7 Å². The number of piperidine rings is 1. The number of hydrogen-bond donors (Lipinski definition) is 0. The molecule has 2 aromatic heterocycles. The molecule has 0 radical (unpaired) electrons. The van der Waals surface area contributed by atoms with Crippen molar-refractivity contribution in [3.8, 4) is 11.5 Å². The first kappa shape index (κ1) is 23.0. The second-order valence-corrected chi connectivity index (χ2v) is 10.4. The summed E-state index contributed by atoms with van der Waals surface area (Å²) in [5.74, 6) is 2.24. The van der Waals surface area contributed by atoms with E-state index in [1.165, 1.54) is 0 Å². The number of ether oxygens (including phenoxy) is 2. The van der Waals surface area contributed by atoms with E-state index in [0.29, 0.717) is 11.5 Å². The quantitative estimate of drug-likeness (QED) is 0.477. The Balaban J connectivity index is 1.27. The van der Waals surface area contributed by atoms with Gasteiger partial charge in [0.15, 0.2) is 11.5 Å². The second-order valence-electron chi connectivity index (χ2n) is 9.45. The molecule has 1 aromatic carbocycles. The first-order chi connectivity index (χ1) is 17.7. The third-order valence-electron chi connectivity index (χ3n) is 7.51. The van der Waals surface area contributed by atoms with Crippen LogP contribution in [0.3, 0.4) is 0 Å². The number of fused-ring (bicyclic) bond motifs is 2. The number of allylic oxidation sites excluding steroid dienone is 2. The van der Waals surface area contributed by atoms with Crippen LogP contribution in [0.25, 0.3) is 10.2 Å². The van der Waals surface area contributed by atoms with Crippen LogP contribution in [0.4, 0.5) is 5.95 Å². The molecule has 6 rings (SSSR count). The molecule has 8 nitrogen and oxygen atoms in total. The van der Waals surface area contributed by atoms with Crippen LogP contribution in [0.5, 0.6) is 11.5 Å². The highest BCUT2D eigenvalue weighted by Crippen LogP contribution is 2.38. The molecule has 9 heteroatoms. The number of nitrogens with zero attached hydrogens (tertiary/aromatic N) is 5. The lowest BCUT2D eigenvalue weighted by atomic mass is 9.76. The monoisotopic (exact) mass is 503 g/mol. The standard InChI is InChI=1S/C27H29N5O3S/c1-34-22-8-7-17(15-23(22)35-2)25-19-5-3-4-6-20(19)26(33)32(30-25)18-9-12-31(13-10-18)27-28-16-24-21(29-27)11-14-36-24/h3-4,7-8,11,14-16,18-20H,5-6,9-10,12-13H2,1-2H3/t19-,20+/m0/s1. The summed E-state index contributed by atoms with van der Waals surface area (Å²) in [6.07, 6.45) is 9.43. The molecule has 3 aromatic rings. The van der Waals surface area contributed by atoms with Gasteiger partial charge in [0.2, 0.25) is 11.9 Å². The maximum Gasteiger partial charge on any atom is 0.247 e. The third-order valence-corrected chi connectivity index (χ3v) is 8.35. The van der Waals surface area contributed by atoms with E-state index in [2.05, 4.69) is 22.0 Å². The summed E-state index contributed by atoms with van der Waals surface area (Å²) in [5, 5.41) is 8.85. The molecule has 2 aliphatic heterocycles. The summed E-state index contributed by atoms with van der Waals surface area (Å²) in [6, 6.07) is 7.99. The number of thiophene rings is 1. The Bertz CT molecular complexity index is 1340. The number of carbonyl (C=O) groups is 1. The average Bonchev–Trinajstić information content (AvgIpc) is 3.41. The van der Waals surface area contributed by atoms with Gasteiger partial charge in [-0.05, 0) is 55.3 Å². The van der Waals surface area contributed by atoms with Crippen molar-refractivity contribution < 1.29 is 14.3 Å². The van der Waals surface area contributed by atoms with Crippen LogP contribution in [0.1, 0.15) is 31.2 Å². The van der Waals surface area contributed by atoms with Gasteiger partial charge in [0.25, 0.3) is 0 Å². The molecule has 0 bridgehead atoms. The van der Waals surface area contributed by atoms with Gasteiger partial charge in [0, 0.05) is 24.6 Å². The van der Waals surface area contributed by atoms with Gasteiger partial charge < -0.3 is 14.4 Å². The minimum absolute atomic E-state index is 0.0561. The molecule has 1 amide bonds. The van der Waals surface area contributed by atoms with Crippen molar-refractivity contribution in [2.75, 3.05) is 32.2 Å². The third kappa shape index (κ3) is 4.01. The molecule has 0 N–H and O–H groups in total. The minimum Gasteiger partial charge on any atom is -0.493 e. The molecule has 186 valence electrons. The molecule has 1 fully saturated rings. The lowest BCUT2D eigenvalue weighted by Crippen LogP contribution is -2.52. The van der Waals surface area contributed by atoms with Crippen LogP contribution >= 0.6 is 11.3 Å². The van der Waals surface area contributed by atoms with Gasteiger partial charge in [-0.3, -0.25) is 4.79 Å². The van der Waals surface area contributed by atoms with Gasteiger partial charge >= 0.3 is 0 Å². The van der Waals surface area contributed by atoms with E-state index in [1.807, 2.05) is 35.8 Å². The van der Waals surface area contributed by atoms with E-state index in [1.54, 1.807) is 30.6 Å². The topological polar surface area (TPSA) is 80.2 Å². The van der Waals surface area contributed by atoms with E-state index < -0.39 is 0 Å². The van der Waals surface area contributed by atoms with Gasteiger partial charge in [0.1, 0.15) is 0 Å². The number of carbonyl (C=O) groups excluding carboxylic acids is 1. The SMILES string of the molecule is COc1ccc(C2=NN(C3CCN(c4ncc5sccc5n4)CC3)C(=O)[C@@H]3CC=CC[C@H]23)cc1OC. The summed E-state index contributed by atoms with van der Waals surface area (Å²) in [4.78, 5) is 25.2. The zero-order valence-corrected chi connectivity index (χ0v) is 21.3. The zero-order chi connectivity index (χ0) is 24.6. The van der Waals surface area contributed by atoms with E-state index in [9.17, 15) is 4.79 Å². The minimum atomic E-state index is -0.0852. The van der Waals surface area contributed by atoms with Crippen molar-refractivity contribution in [3.05, 3.63) is 53.6 Å². The Hall–Kier alpha value is -3.46. The number of amides is 1. The van der Waals surface area contributed by atoms with Crippen LogP contribution in [0.2, 0.25) is 0 Å². The lowest BCUT2D eigenvalue weighted by molar-refractivity contribution is -0.140. The number of hydrogen-bond acceptors (Lipinski definition) is 8. The Morgan fingerprint density at radius 2 is 1.78 bits per heavy atom. The molecule has 2 atom stereocenters. The maximum atomic E-state index is 13.6. The van der Waals surface area contributed by atoms with Gasteiger partial charge in [-0.15, -0.1) is 11.3 Å². The number of aromatic nitrogens is 2. The van der Waals surface area contributed by atoms with Gasteiger partial charge in [0.05, 0.1) is 48.3 Å². The van der Waals surface area contributed by atoms with Gasteiger partial charge in [-0.1, -0.05) is 12.2 Å². The summed E-state index contributed by atoms with van der Waals surface area (Å²) < 4.78 is 12.1. The number of anilines is 1. The molecule has 1 saturated heterocycles. The van der Waals surface area contributed by atoms with Crippen LogP contribution < -0.4 is 14.4 Å². The summed E-state index contributed by atoms with van der Waals surface area (Å²) >= 11 is 1.65. The molecule has 4 heterocycles. The second kappa shape index (κ2) is 9.54. The Kier molecular flexibility index (Phi) is 6.08. The van der Waals surface area contributed by atoms with Crippen molar-refractivity contribution >= 4 is 39.1 Å². The van der Waals surface area contributed by atoms with E-state index in [-0.39, 0.29) is 23.8 Å². The molecule has 36 heavy (non-hydrogen) atoms. The van der Waals surface area contributed by atoms with Crippen LogP contribution in [0, 0.1) is 11.8 Å². The van der Waals surface area contributed by atoms with Crippen LogP contribution in [-0.2, 0) is 4.79 Å². The number of benzene rings is 1. The van der Waals surface area contributed by atoms with Gasteiger partial charge in [-0.2, -0.15) is 5.10 Å². The Morgan fingerprint density at radius 3 is 2.56 bits per heavy atom. The molecule has 3 aliphatic rings. The zero-order valence-electron chi connectivity index (χ0n) is 20.5.